The molecule has 0 heterocycles. The third-order valence-electron chi connectivity index (χ3n) is 6.49. The Morgan fingerprint density at radius 3 is 1.97 bits per heavy atom. The van der Waals surface area contributed by atoms with Gasteiger partial charge >= 0.3 is 0 Å². The smallest absolute Gasteiger partial charge is 0.244 e. The zero-order valence-corrected chi connectivity index (χ0v) is 19.6. The lowest BCUT2D eigenvalue weighted by atomic mass is 9.85. The third kappa shape index (κ3) is 5.00. The molecule has 170 valence electrons. The van der Waals surface area contributed by atoms with E-state index in [2.05, 4.69) is 77.8 Å². The van der Waals surface area contributed by atoms with Crippen LogP contribution in [0.3, 0.4) is 0 Å². The highest BCUT2D eigenvalue weighted by Gasteiger charge is 2.60. The van der Waals surface area contributed by atoms with Crippen LogP contribution in [-0.4, -0.2) is 25.2 Å². The molecule has 0 spiro atoms. The maximum atomic E-state index is 13.0. The first kappa shape index (κ1) is 22.8. The average Bonchev–Trinajstić information content (AvgIpc) is 3.63. The lowest BCUT2D eigenvalue weighted by molar-refractivity contribution is -0.122. The Kier molecular flexibility index (Phi) is 7.23. The maximum absolute atomic E-state index is 13.0. The van der Waals surface area contributed by atoms with Gasteiger partial charge in [-0.1, -0.05) is 86.6 Å². The van der Waals surface area contributed by atoms with Gasteiger partial charge in [0.25, 0.3) is 0 Å². The van der Waals surface area contributed by atoms with Gasteiger partial charge in [-0.05, 0) is 48.1 Å². The second-order valence-corrected chi connectivity index (χ2v) is 8.77. The summed E-state index contributed by atoms with van der Waals surface area (Å²) in [4.78, 5) is 15.4. The first-order chi connectivity index (χ1) is 16.2. The first-order valence-electron chi connectivity index (χ1n) is 12.0. The molecule has 1 atom stereocenters. The van der Waals surface area contributed by atoms with Crippen LogP contribution < -0.4 is 10.3 Å². The molecule has 1 N–H and O–H groups in total. The molecule has 0 saturated heterocycles. The summed E-state index contributed by atoms with van der Waals surface area (Å²) < 4.78 is 0. The largest absolute Gasteiger partial charge is 0.372 e. The van der Waals surface area contributed by atoms with Crippen molar-refractivity contribution in [2.24, 2.45) is 11.0 Å². The summed E-state index contributed by atoms with van der Waals surface area (Å²) >= 11 is 0. The SMILES string of the molecule is CCCN(CCC)c1ccc(C=NNC(=O)[C@@H]2CC2(c2ccccc2)c2ccccc2)cc1. The third-order valence-corrected chi connectivity index (χ3v) is 6.49. The zero-order chi connectivity index (χ0) is 23.1. The molecule has 3 aromatic carbocycles. The van der Waals surface area contributed by atoms with Gasteiger partial charge in [-0.2, -0.15) is 5.10 Å². The molecule has 1 amide bonds. The predicted octanol–water partition coefficient (Wildman–Crippen LogP) is 5.77. The Bertz CT molecular complexity index is 1020. The molecule has 1 aliphatic rings. The van der Waals surface area contributed by atoms with Gasteiger partial charge in [0.2, 0.25) is 5.91 Å². The summed E-state index contributed by atoms with van der Waals surface area (Å²) in [7, 11) is 0. The first-order valence-corrected chi connectivity index (χ1v) is 12.0. The fraction of sp³-hybridized carbons (Fsp3) is 0.310. The molecule has 3 aromatic rings. The molecule has 0 bridgehead atoms. The Hall–Kier alpha value is -3.40. The zero-order valence-electron chi connectivity index (χ0n) is 19.6. The molecule has 0 radical (unpaired) electrons. The van der Waals surface area contributed by atoms with E-state index < -0.39 is 0 Å². The van der Waals surface area contributed by atoms with Crippen molar-refractivity contribution in [3.8, 4) is 0 Å². The minimum atomic E-state index is -0.272. The van der Waals surface area contributed by atoms with Gasteiger partial charge in [-0.25, -0.2) is 5.43 Å². The number of hydrogen-bond donors (Lipinski definition) is 1. The normalized spacial score (nSPS) is 16.5. The minimum Gasteiger partial charge on any atom is -0.372 e. The van der Waals surface area contributed by atoms with Crippen LogP contribution in [0.4, 0.5) is 5.69 Å². The molecule has 4 rings (SSSR count). The van der Waals surface area contributed by atoms with E-state index in [0.29, 0.717) is 0 Å². The number of hydrazone groups is 1. The Morgan fingerprint density at radius 2 is 1.45 bits per heavy atom. The summed E-state index contributed by atoms with van der Waals surface area (Å²) in [6.45, 7) is 6.53. The van der Waals surface area contributed by atoms with Gasteiger partial charge in [-0.15, -0.1) is 0 Å². The van der Waals surface area contributed by atoms with Crippen molar-refractivity contribution in [1.29, 1.82) is 0 Å². The Labute approximate surface area is 197 Å². The number of carbonyl (C=O) groups is 1. The average molecular weight is 440 g/mol. The van der Waals surface area contributed by atoms with Gasteiger partial charge < -0.3 is 4.90 Å². The van der Waals surface area contributed by atoms with Crippen molar-refractivity contribution in [3.63, 3.8) is 0 Å². The van der Waals surface area contributed by atoms with Gasteiger partial charge in [-0.3, -0.25) is 4.79 Å². The molecule has 1 saturated carbocycles. The lowest BCUT2D eigenvalue weighted by Crippen LogP contribution is -2.25. The highest BCUT2D eigenvalue weighted by Crippen LogP contribution is 2.58. The minimum absolute atomic E-state index is 0.0346. The van der Waals surface area contributed by atoms with E-state index in [4.69, 9.17) is 0 Å². The molecule has 33 heavy (non-hydrogen) atoms. The number of amides is 1. The van der Waals surface area contributed by atoms with Crippen LogP contribution >= 0.6 is 0 Å². The summed E-state index contributed by atoms with van der Waals surface area (Å²) in [6, 6.07) is 29.0. The summed E-state index contributed by atoms with van der Waals surface area (Å²) in [6.07, 6.45) is 4.77. The van der Waals surface area contributed by atoms with Crippen LogP contribution in [0, 0.1) is 5.92 Å². The van der Waals surface area contributed by atoms with Crippen molar-refractivity contribution >= 4 is 17.8 Å². The number of hydrogen-bond acceptors (Lipinski definition) is 3. The summed E-state index contributed by atoms with van der Waals surface area (Å²) in [5.74, 6) is -0.161. The molecule has 4 heteroatoms. The van der Waals surface area contributed by atoms with E-state index in [9.17, 15) is 4.79 Å². The number of benzene rings is 3. The molecule has 1 aliphatic carbocycles. The van der Waals surface area contributed by atoms with Crippen LogP contribution in [0.1, 0.15) is 49.8 Å². The monoisotopic (exact) mass is 439 g/mol. The van der Waals surface area contributed by atoms with Crippen LogP contribution in [0.25, 0.3) is 0 Å². The Morgan fingerprint density at radius 1 is 0.909 bits per heavy atom. The van der Waals surface area contributed by atoms with Crippen LogP contribution in [0.15, 0.2) is 90.0 Å². The highest BCUT2D eigenvalue weighted by atomic mass is 16.2. The van der Waals surface area contributed by atoms with Crippen molar-refractivity contribution in [2.45, 2.75) is 38.5 Å². The second-order valence-electron chi connectivity index (χ2n) is 8.77. The molecule has 1 fully saturated rings. The second kappa shape index (κ2) is 10.5. The van der Waals surface area contributed by atoms with Gasteiger partial charge in [0.15, 0.2) is 0 Å². The van der Waals surface area contributed by atoms with E-state index in [1.807, 2.05) is 36.4 Å². The van der Waals surface area contributed by atoms with Crippen molar-refractivity contribution < 1.29 is 4.79 Å². The van der Waals surface area contributed by atoms with E-state index >= 15 is 0 Å². The lowest BCUT2D eigenvalue weighted by Gasteiger charge is -2.23. The summed E-state index contributed by atoms with van der Waals surface area (Å²) in [5.41, 5.74) is 7.08. The van der Waals surface area contributed by atoms with Gasteiger partial charge in [0.1, 0.15) is 0 Å². The molecular formula is C29H33N3O. The fourth-order valence-electron chi connectivity index (χ4n) is 4.78. The molecule has 0 aliphatic heterocycles. The standard InChI is InChI=1S/C29H33N3O/c1-3-19-32(20-4-2)26-17-15-23(16-18-26)22-30-31-28(33)27-21-29(27,24-11-7-5-8-12-24)25-13-9-6-10-14-25/h5-18,22,27H,3-4,19-21H2,1-2H3,(H,31,33)/t27-/m0/s1. The number of carbonyl (C=O) groups excluding carboxylic acids is 1. The number of nitrogens with zero attached hydrogens (tertiary/aromatic N) is 2. The number of rotatable bonds is 10. The molecule has 0 unspecified atom stereocenters. The molecule has 4 nitrogen and oxygen atoms in total. The van der Waals surface area contributed by atoms with Crippen LogP contribution in [0.5, 0.6) is 0 Å². The van der Waals surface area contributed by atoms with E-state index in [1.165, 1.54) is 16.8 Å². The number of anilines is 1. The fourth-order valence-corrected chi connectivity index (χ4v) is 4.78. The predicted molar refractivity (Wildman–Crippen MR) is 137 cm³/mol. The van der Waals surface area contributed by atoms with Crippen molar-refractivity contribution in [3.05, 3.63) is 102 Å². The summed E-state index contributed by atoms with van der Waals surface area (Å²) in [5, 5.41) is 4.26. The van der Waals surface area contributed by atoms with Crippen molar-refractivity contribution in [1.82, 2.24) is 5.43 Å². The van der Waals surface area contributed by atoms with Crippen molar-refractivity contribution in [2.75, 3.05) is 18.0 Å². The van der Waals surface area contributed by atoms with Gasteiger partial charge in [0, 0.05) is 24.2 Å². The van der Waals surface area contributed by atoms with E-state index in [-0.39, 0.29) is 17.2 Å². The van der Waals surface area contributed by atoms with E-state index in [1.54, 1.807) is 6.21 Å². The maximum Gasteiger partial charge on any atom is 0.244 e. The topological polar surface area (TPSA) is 44.7 Å². The molecule has 0 aromatic heterocycles. The van der Waals surface area contributed by atoms with E-state index in [0.717, 1.165) is 37.9 Å². The van der Waals surface area contributed by atoms with Crippen LogP contribution in [-0.2, 0) is 10.2 Å². The highest BCUT2D eigenvalue weighted by molar-refractivity contribution is 5.88. The molecular weight excluding hydrogens is 406 g/mol. The number of nitrogens with one attached hydrogen (secondary N) is 1. The quantitative estimate of drug-likeness (QED) is 0.322. The van der Waals surface area contributed by atoms with Crippen LogP contribution in [0.2, 0.25) is 0 Å². The Balaban J connectivity index is 1.43. The van der Waals surface area contributed by atoms with Gasteiger partial charge in [0.05, 0.1) is 12.1 Å².